The first-order valence-electron chi connectivity index (χ1n) is 10.4. The zero-order chi connectivity index (χ0) is 18.7. The molecule has 0 heterocycles. The summed E-state index contributed by atoms with van der Waals surface area (Å²) in [4.78, 5) is 11.7. The van der Waals surface area contributed by atoms with Gasteiger partial charge in [0.25, 0.3) is 0 Å². The topological polar surface area (TPSA) is 66.8 Å². The molecule has 0 aromatic heterocycles. The van der Waals surface area contributed by atoms with Crippen molar-refractivity contribution in [3.8, 4) is 0 Å². The fourth-order valence-corrected chi connectivity index (χ4v) is 7.44. The van der Waals surface area contributed by atoms with Gasteiger partial charge < -0.3 is 14.9 Å². The number of aliphatic hydroxyl groups is 2. The smallest absolute Gasteiger partial charge is 0.303 e. The molecule has 0 amide bonds. The molecule has 3 fully saturated rings. The average Bonchev–Trinajstić information content (AvgIpc) is 2.85. The molecule has 0 aliphatic heterocycles. The number of allylic oxidation sites excluding steroid dienone is 1. The molecule has 4 aliphatic carbocycles. The molecule has 0 spiro atoms. The van der Waals surface area contributed by atoms with Crippen molar-refractivity contribution in [2.75, 3.05) is 6.61 Å². The first-order chi connectivity index (χ1) is 12.3. The van der Waals surface area contributed by atoms with Crippen LogP contribution < -0.4 is 0 Å². The number of fused-ring (bicyclic) bond motifs is 5. The van der Waals surface area contributed by atoms with Crippen LogP contribution in [0.15, 0.2) is 11.6 Å². The van der Waals surface area contributed by atoms with Crippen LogP contribution in [0.2, 0.25) is 0 Å². The second-order valence-corrected chi connectivity index (χ2v) is 9.87. The highest BCUT2D eigenvalue weighted by Crippen LogP contribution is 2.67. The molecule has 0 aromatic carbocycles. The van der Waals surface area contributed by atoms with Gasteiger partial charge >= 0.3 is 5.97 Å². The molecule has 4 nitrogen and oxygen atoms in total. The maximum Gasteiger partial charge on any atom is 0.303 e. The normalized spacial score (nSPS) is 50.3. The highest BCUT2D eigenvalue weighted by atomic mass is 16.6. The highest BCUT2D eigenvalue weighted by Gasteiger charge is 2.64. The first kappa shape index (κ1) is 18.5. The molecule has 2 N–H and O–H groups in total. The van der Waals surface area contributed by atoms with Crippen LogP contribution in [0.5, 0.6) is 0 Å². The van der Waals surface area contributed by atoms with E-state index < -0.39 is 0 Å². The molecular formula is C22H34O4. The molecule has 3 saturated carbocycles. The van der Waals surface area contributed by atoms with Gasteiger partial charge in [-0.15, -0.1) is 0 Å². The molecule has 26 heavy (non-hydrogen) atoms. The molecule has 0 saturated heterocycles. The summed E-state index contributed by atoms with van der Waals surface area (Å²) in [6.07, 6.45) is 9.77. The van der Waals surface area contributed by atoms with Crippen LogP contribution in [-0.2, 0) is 9.53 Å². The maximum atomic E-state index is 11.7. The Morgan fingerprint density at radius 3 is 2.62 bits per heavy atom. The van der Waals surface area contributed by atoms with E-state index in [-0.39, 0.29) is 35.1 Å². The van der Waals surface area contributed by atoms with Crippen LogP contribution in [0, 0.1) is 28.6 Å². The standard InChI is InChI=1S/C22H34O4/c1-14(24)26-21(3)10-8-18-17-5-4-15-12-16(25)6-11-22(15,13-23)19(17)7-9-20(18,21)2/h4,16-19,23,25H,5-13H2,1-3H3/t16-,17-,18-,19-,20-,21-,22+/m0/s1. The first-order valence-corrected chi connectivity index (χ1v) is 10.4. The number of carbonyl (C=O) groups excluding carboxylic acids is 1. The van der Waals surface area contributed by atoms with Gasteiger partial charge in [0.1, 0.15) is 5.60 Å². The Hall–Kier alpha value is -0.870. The van der Waals surface area contributed by atoms with Crippen molar-refractivity contribution in [3.05, 3.63) is 11.6 Å². The van der Waals surface area contributed by atoms with Gasteiger partial charge in [0.15, 0.2) is 0 Å². The van der Waals surface area contributed by atoms with E-state index in [0.29, 0.717) is 17.8 Å². The monoisotopic (exact) mass is 362 g/mol. The van der Waals surface area contributed by atoms with Crippen molar-refractivity contribution >= 4 is 5.97 Å². The highest BCUT2D eigenvalue weighted by molar-refractivity contribution is 5.66. The van der Waals surface area contributed by atoms with E-state index in [1.807, 2.05) is 0 Å². The molecule has 0 aromatic rings. The number of ether oxygens (including phenoxy) is 1. The minimum atomic E-state index is -0.367. The second-order valence-electron chi connectivity index (χ2n) is 9.87. The molecule has 0 radical (unpaired) electrons. The third kappa shape index (κ3) is 2.37. The van der Waals surface area contributed by atoms with Crippen molar-refractivity contribution in [3.63, 3.8) is 0 Å². The lowest BCUT2D eigenvalue weighted by Gasteiger charge is -2.59. The zero-order valence-electron chi connectivity index (χ0n) is 16.5. The van der Waals surface area contributed by atoms with Gasteiger partial charge in [0.2, 0.25) is 0 Å². The summed E-state index contributed by atoms with van der Waals surface area (Å²) in [7, 11) is 0. The molecular weight excluding hydrogens is 328 g/mol. The van der Waals surface area contributed by atoms with Crippen molar-refractivity contribution in [2.24, 2.45) is 28.6 Å². The molecule has 7 atom stereocenters. The lowest BCUT2D eigenvalue weighted by atomic mass is 9.46. The van der Waals surface area contributed by atoms with Crippen molar-refractivity contribution in [2.45, 2.75) is 83.8 Å². The Labute approximate surface area is 157 Å². The fourth-order valence-electron chi connectivity index (χ4n) is 7.44. The van der Waals surface area contributed by atoms with Crippen LogP contribution in [0.4, 0.5) is 0 Å². The van der Waals surface area contributed by atoms with Crippen LogP contribution >= 0.6 is 0 Å². The Bertz CT molecular complexity index is 628. The molecule has 0 unspecified atom stereocenters. The van der Waals surface area contributed by atoms with Gasteiger partial charge in [0.05, 0.1) is 12.7 Å². The summed E-state index contributed by atoms with van der Waals surface area (Å²) in [5.41, 5.74) is 0.845. The third-order valence-corrected chi connectivity index (χ3v) is 8.98. The van der Waals surface area contributed by atoms with Crippen LogP contribution in [0.25, 0.3) is 0 Å². The Kier molecular flexibility index (Phi) is 4.31. The predicted molar refractivity (Wildman–Crippen MR) is 99.3 cm³/mol. The number of aliphatic hydroxyl groups excluding tert-OH is 2. The Balaban J connectivity index is 1.67. The van der Waals surface area contributed by atoms with E-state index in [9.17, 15) is 15.0 Å². The van der Waals surface area contributed by atoms with E-state index in [2.05, 4.69) is 19.9 Å². The maximum absolute atomic E-state index is 11.7. The van der Waals surface area contributed by atoms with Crippen molar-refractivity contribution in [1.29, 1.82) is 0 Å². The Morgan fingerprint density at radius 1 is 1.19 bits per heavy atom. The summed E-state index contributed by atoms with van der Waals surface area (Å²) in [6, 6.07) is 0. The average molecular weight is 363 g/mol. The van der Waals surface area contributed by atoms with Crippen LogP contribution in [-0.4, -0.2) is 34.5 Å². The molecule has 0 bridgehead atoms. The molecule has 4 heteroatoms. The van der Waals surface area contributed by atoms with Crippen molar-refractivity contribution < 1.29 is 19.7 Å². The Morgan fingerprint density at radius 2 is 1.92 bits per heavy atom. The van der Waals surface area contributed by atoms with Gasteiger partial charge in [-0.25, -0.2) is 0 Å². The molecule has 146 valence electrons. The van der Waals surface area contributed by atoms with E-state index >= 15 is 0 Å². The lowest BCUT2D eigenvalue weighted by molar-refractivity contribution is -0.178. The minimum Gasteiger partial charge on any atom is -0.459 e. The zero-order valence-corrected chi connectivity index (χ0v) is 16.5. The van der Waals surface area contributed by atoms with E-state index in [1.54, 1.807) is 0 Å². The van der Waals surface area contributed by atoms with Gasteiger partial charge in [-0.2, -0.15) is 0 Å². The minimum absolute atomic E-state index is 0.0238. The molecule has 4 aliphatic rings. The summed E-state index contributed by atoms with van der Waals surface area (Å²) in [5, 5.41) is 20.6. The van der Waals surface area contributed by atoms with Gasteiger partial charge in [-0.3, -0.25) is 4.79 Å². The fraction of sp³-hybridized carbons (Fsp3) is 0.864. The number of hydrogen-bond acceptors (Lipinski definition) is 4. The van der Waals surface area contributed by atoms with E-state index in [0.717, 1.165) is 51.4 Å². The van der Waals surface area contributed by atoms with Crippen molar-refractivity contribution in [1.82, 2.24) is 0 Å². The molecule has 4 rings (SSSR count). The van der Waals surface area contributed by atoms with Gasteiger partial charge in [0, 0.05) is 17.8 Å². The summed E-state index contributed by atoms with van der Waals surface area (Å²) in [5.74, 6) is 1.42. The lowest BCUT2D eigenvalue weighted by Crippen LogP contribution is -2.56. The van der Waals surface area contributed by atoms with Crippen LogP contribution in [0.1, 0.15) is 72.1 Å². The van der Waals surface area contributed by atoms with Gasteiger partial charge in [-0.1, -0.05) is 18.6 Å². The summed E-state index contributed by atoms with van der Waals surface area (Å²) >= 11 is 0. The summed E-state index contributed by atoms with van der Waals surface area (Å²) < 4.78 is 5.89. The largest absolute Gasteiger partial charge is 0.459 e. The predicted octanol–water partition coefficient (Wildman–Crippen LogP) is 3.60. The quantitative estimate of drug-likeness (QED) is 0.582. The third-order valence-electron chi connectivity index (χ3n) is 8.98. The van der Waals surface area contributed by atoms with Crippen LogP contribution in [0.3, 0.4) is 0 Å². The number of hydrogen-bond donors (Lipinski definition) is 2. The SMILES string of the molecule is CC(=O)O[C@@]1(C)CC[C@H]2[C@@H]3CC=C4C[C@@H](O)CC[C@]4(CO)[C@H]3CC[C@@]21C. The number of esters is 1. The van der Waals surface area contributed by atoms with Gasteiger partial charge in [-0.05, 0) is 76.0 Å². The number of rotatable bonds is 2. The van der Waals surface area contributed by atoms with E-state index in [1.165, 1.54) is 12.5 Å². The second kappa shape index (κ2) is 6.07. The number of carbonyl (C=O) groups is 1. The van der Waals surface area contributed by atoms with E-state index in [4.69, 9.17) is 4.74 Å². The summed E-state index contributed by atoms with van der Waals surface area (Å²) in [6.45, 7) is 6.20.